The standard InChI is InChI=1S/C8H4ClF4NO.H4N2/c9-5-2-1-4(3-6(5)10)14-7(15)8(11,12)13;1-2/h1-3H,(H,14,15);1-2H2. The molecule has 0 unspecified atom stereocenters. The molecular formula is C8H8ClF4N3O. The summed E-state index contributed by atoms with van der Waals surface area (Å²) in [5.74, 6) is 4.93. The molecule has 96 valence electrons. The highest BCUT2D eigenvalue weighted by molar-refractivity contribution is 6.30. The normalized spacial score (nSPS) is 10.3. The van der Waals surface area contributed by atoms with Gasteiger partial charge in [-0.3, -0.25) is 16.5 Å². The van der Waals surface area contributed by atoms with Gasteiger partial charge in [0.25, 0.3) is 0 Å². The predicted molar refractivity (Wildman–Crippen MR) is 54.5 cm³/mol. The zero-order valence-corrected chi connectivity index (χ0v) is 8.94. The number of halogens is 5. The molecule has 0 heterocycles. The minimum absolute atomic E-state index is 0.236. The molecule has 0 fully saturated rings. The summed E-state index contributed by atoms with van der Waals surface area (Å²) in [6.07, 6.45) is -5.00. The summed E-state index contributed by atoms with van der Waals surface area (Å²) >= 11 is 5.30. The smallest absolute Gasteiger partial charge is 0.318 e. The fourth-order valence-electron chi connectivity index (χ4n) is 0.776. The molecule has 5 N–H and O–H groups in total. The Morgan fingerprint density at radius 1 is 1.29 bits per heavy atom. The van der Waals surface area contributed by atoms with Gasteiger partial charge in [0.05, 0.1) is 5.02 Å². The number of alkyl halides is 3. The number of hydrogen-bond acceptors (Lipinski definition) is 3. The highest BCUT2D eigenvalue weighted by Crippen LogP contribution is 2.21. The number of nitrogens with two attached hydrogens (primary N) is 2. The highest BCUT2D eigenvalue weighted by Gasteiger charge is 2.38. The van der Waals surface area contributed by atoms with Crippen molar-refractivity contribution in [2.75, 3.05) is 5.32 Å². The second kappa shape index (κ2) is 6.38. The van der Waals surface area contributed by atoms with Crippen molar-refractivity contribution in [2.45, 2.75) is 6.18 Å². The quantitative estimate of drug-likeness (QED) is 0.415. The average molecular weight is 274 g/mol. The highest BCUT2D eigenvalue weighted by atomic mass is 35.5. The molecule has 1 aromatic carbocycles. The molecule has 0 saturated heterocycles. The Morgan fingerprint density at radius 3 is 2.24 bits per heavy atom. The van der Waals surface area contributed by atoms with Crippen molar-refractivity contribution in [3.05, 3.63) is 29.0 Å². The maximum Gasteiger partial charge on any atom is 0.471 e. The predicted octanol–water partition coefficient (Wildman–Crippen LogP) is 1.80. The van der Waals surface area contributed by atoms with Crippen molar-refractivity contribution >= 4 is 23.2 Å². The molecule has 4 nitrogen and oxygen atoms in total. The summed E-state index contributed by atoms with van der Waals surface area (Å²) in [5.41, 5.74) is -0.306. The van der Waals surface area contributed by atoms with E-state index in [4.69, 9.17) is 11.6 Å². The van der Waals surface area contributed by atoms with Crippen molar-refractivity contribution in [1.29, 1.82) is 0 Å². The van der Waals surface area contributed by atoms with E-state index in [1.54, 1.807) is 0 Å². The third-order valence-corrected chi connectivity index (χ3v) is 1.74. The fourth-order valence-corrected chi connectivity index (χ4v) is 0.893. The van der Waals surface area contributed by atoms with E-state index in [0.717, 1.165) is 12.1 Å². The number of benzene rings is 1. The average Bonchev–Trinajstić information content (AvgIpc) is 2.25. The van der Waals surface area contributed by atoms with Gasteiger partial charge in [0.2, 0.25) is 0 Å². The van der Waals surface area contributed by atoms with Crippen LogP contribution >= 0.6 is 11.6 Å². The van der Waals surface area contributed by atoms with Crippen LogP contribution in [0.3, 0.4) is 0 Å². The van der Waals surface area contributed by atoms with Gasteiger partial charge in [-0.05, 0) is 18.2 Å². The largest absolute Gasteiger partial charge is 0.471 e. The second-order valence-corrected chi connectivity index (χ2v) is 2.99. The molecule has 0 spiro atoms. The van der Waals surface area contributed by atoms with Crippen molar-refractivity contribution in [3.63, 3.8) is 0 Å². The number of hydrogen-bond donors (Lipinski definition) is 3. The third-order valence-electron chi connectivity index (χ3n) is 1.43. The zero-order chi connectivity index (χ0) is 13.6. The van der Waals surface area contributed by atoms with Gasteiger partial charge in [-0.25, -0.2) is 4.39 Å². The molecule has 0 atom stereocenters. The van der Waals surface area contributed by atoms with Crippen LogP contribution in [0, 0.1) is 5.82 Å². The van der Waals surface area contributed by atoms with E-state index in [2.05, 4.69) is 11.7 Å². The number of carbonyl (C=O) groups excluding carboxylic acids is 1. The van der Waals surface area contributed by atoms with Crippen molar-refractivity contribution < 1.29 is 22.4 Å². The van der Waals surface area contributed by atoms with Crippen LogP contribution in [-0.2, 0) is 4.79 Å². The van der Waals surface area contributed by atoms with Gasteiger partial charge in [0, 0.05) is 5.69 Å². The monoisotopic (exact) mass is 273 g/mol. The van der Waals surface area contributed by atoms with Crippen molar-refractivity contribution in [2.24, 2.45) is 11.7 Å². The Balaban J connectivity index is 0.00000121. The molecule has 0 aliphatic carbocycles. The number of anilines is 1. The molecule has 0 bridgehead atoms. The van der Waals surface area contributed by atoms with E-state index in [1.165, 1.54) is 5.32 Å². The lowest BCUT2D eigenvalue weighted by Gasteiger charge is -2.07. The van der Waals surface area contributed by atoms with Crippen LogP contribution in [0.2, 0.25) is 5.02 Å². The molecule has 1 rings (SSSR count). The van der Waals surface area contributed by atoms with Crippen molar-refractivity contribution in [3.8, 4) is 0 Å². The molecule has 0 aliphatic rings. The number of carbonyl (C=O) groups is 1. The summed E-state index contributed by atoms with van der Waals surface area (Å²) in [7, 11) is 0. The van der Waals surface area contributed by atoms with E-state index in [9.17, 15) is 22.4 Å². The molecular weight excluding hydrogens is 266 g/mol. The molecule has 9 heteroatoms. The summed E-state index contributed by atoms with van der Waals surface area (Å²) in [4.78, 5) is 10.4. The van der Waals surface area contributed by atoms with E-state index in [-0.39, 0.29) is 10.7 Å². The Hall–Kier alpha value is -1.38. The first-order valence-corrected chi connectivity index (χ1v) is 4.35. The molecule has 0 aliphatic heterocycles. The van der Waals surface area contributed by atoms with Gasteiger partial charge in [-0.1, -0.05) is 11.6 Å². The van der Waals surface area contributed by atoms with Crippen LogP contribution in [0.4, 0.5) is 23.2 Å². The Morgan fingerprint density at radius 2 is 1.82 bits per heavy atom. The minimum Gasteiger partial charge on any atom is -0.318 e. The zero-order valence-electron chi connectivity index (χ0n) is 8.18. The van der Waals surface area contributed by atoms with Gasteiger partial charge in [-0.2, -0.15) is 13.2 Å². The topological polar surface area (TPSA) is 81.1 Å². The molecule has 17 heavy (non-hydrogen) atoms. The number of rotatable bonds is 1. The van der Waals surface area contributed by atoms with Gasteiger partial charge in [0.1, 0.15) is 5.82 Å². The maximum absolute atomic E-state index is 12.8. The first kappa shape index (κ1) is 15.6. The van der Waals surface area contributed by atoms with E-state index >= 15 is 0 Å². The Bertz CT molecular complexity index is 397. The molecule has 1 amide bonds. The summed E-state index contributed by atoms with van der Waals surface area (Å²) in [6.45, 7) is 0. The maximum atomic E-state index is 12.8. The Kier molecular flexibility index (Phi) is 5.86. The third kappa shape index (κ3) is 4.98. The molecule has 1 aromatic rings. The van der Waals surface area contributed by atoms with Crippen LogP contribution in [0.5, 0.6) is 0 Å². The molecule has 0 saturated carbocycles. The Labute approximate surface area is 98.5 Å². The SMILES string of the molecule is NN.O=C(Nc1ccc(Cl)c(F)c1)C(F)(F)F. The number of nitrogens with one attached hydrogen (secondary N) is 1. The van der Waals surface area contributed by atoms with Gasteiger partial charge < -0.3 is 5.32 Å². The van der Waals surface area contributed by atoms with Gasteiger partial charge in [-0.15, -0.1) is 0 Å². The van der Waals surface area contributed by atoms with Crippen LogP contribution < -0.4 is 17.0 Å². The summed E-state index contributed by atoms with van der Waals surface area (Å²) in [6, 6.07) is 2.81. The van der Waals surface area contributed by atoms with Crippen LogP contribution in [0.25, 0.3) is 0 Å². The first-order valence-electron chi connectivity index (χ1n) is 3.97. The molecule has 0 radical (unpaired) electrons. The van der Waals surface area contributed by atoms with Crippen molar-refractivity contribution in [1.82, 2.24) is 0 Å². The van der Waals surface area contributed by atoms with Gasteiger partial charge >= 0.3 is 12.1 Å². The summed E-state index contributed by atoms with van der Waals surface area (Å²) in [5, 5.41) is 1.25. The lowest BCUT2D eigenvalue weighted by Crippen LogP contribution is -2.29. The number of hydrazine groups is 1. The summed E-state index contributed by atoms with van der Waals surface area (Å²) < 4.78 is 48.1. The first-order chi connectivity index (χ1) is 7.80. The van der Waals surface area contributed by atoms with Crippen LogP contribution in [-0.4, -0.2) is 12.1 Å². The second-order valence-electron chi connectivity index (χ2n) is 2.58. The lowest BCUT2D eigenvalue weighted by atomic mass is 10.3. The van der Waals surface area contributed by atoms with Gasteiger partial charge in [0.15, 0.2) is 0 Å². The fraction of sp³-hybridized carbons (Fsp3) is 0.125. The van der Waals surface area contributed by atoms with E-state index in [1.807, 2.05) is 0 Å². The van der Waals surface area contributed by atoms with E-state index < -0.39 is 17.9 Å². The van der Waals surface area contributed by atoms with E-state index in [0.29, 0.717) is 6.07 Å². The lowest BCUT2D eigenvalue weighted by molar-refractivity contribution is -0.167. The van der Waals surface area contributed by atoms with Crippen LogP contribution in [0.1, 0.15) is 0 Å². The molecule has 0 aromatic heterocycles. The number of amides is 1. The minimum atomic E-state index is -5.00. The van der Waals surface area contributed by atoms with Crippen LogP contribution in [0.15, 0.2) is 18.2 Å².